The van der Waals surface area contributed by atoms with Gasteiger partial charge in [-0.05, 0) is 41.3 Å². The van der Waals surface area contributed by atoms with Crippen LogP contribution < -0.4 is 5.32 Å². The maximum absolute atomic E-state index is 12.0. The third kappa shape index (κ3) is 3.74. The molecule has 0 saturated carbocycles. The van der Waals surface area contributed by atoms with Gasteiger partial charge in [0.25, 0.3) is 5.91 Å². The summed E-state index contributed by atoms with van der Waals surface area (Å²) in [5, 5.41) is 5.59. The lowest BCUT2D eigenvalue weighted by atomic mass is 10.1. The average Bonchev–Trinajstić information content (AvgIpc) is 2.43. The second kappa shape index (κ2) is 6.44. The molecule has 0 fully saturated rings. The van der Waals surface area contributed by atoms with Gasteiger partial charge < -0.3 is 5.32 Å². The molecule has 0 radical (unpaired) electrons. The molecule has 4 heteroatoms. The molecule has 0 bridgehead atoms. The molecule has 0 aliphatic heterocycles. The third-order valence-corrected chi connectivity index (χ3v) is 4.48. The predicted molar refractivity (Wildman–Crippen MR) is 87.0 cm³/mol. The zero-order valence-electron chi connectivity index (χ0n) is 10.9. The normalized spacial score (nSPS) is 12.4. The van der Waals surface area contributed by atoms with E-state index in [1.807, 2.05) is 42.7 Å². The van der Waals surface area contributed by atoms with Crippen molar-refractivity contribution in [1.82, 2.24) is 5.32 Å². The highest BCUT2D eigenvalue weighted by Crippen LogP contribution is 2.21. The summed E-state index contributed by atoms with van der Waals surface area (Å²) >= 11 is 5.19. The van der Waals surface area contributed by atoms with Crippen LogP contribution in [0.25, 0.3) is 10.8 Å². The summed E-state index contributed by atoms with van der Waals surface area (Å²) in [6.07, 6.45) is 2.05. The topological polar surface area (TPSA) is 29.1 Å². The number of carbonyl (C=O) groups is 1. The Morgan fingerprint density at radius 2 is 1.95 bits per heavy atom. The molecule has 0 spiro atoms. The quantitative estimate of drug-likeness (QED) is 0.910. The van der Waals surface area contributed by atoms with Gasteiger partial charge in [-0.15, -0.1) is 0 Å². The standard InChI is InChI=1S/C15H16BrNOS/c1-10(19-2)9-17-15(18)13-4-3-12-8-14(16)6-5-11(12)7-13/h3-8,10H,9H2,1-2H3,(H,17,18). The number of thioether (sulfide) groups is 1. The maximum Gasteiger partial charge on any atom is 0.251 e. The third-order valence-electron chi connectivity index (χ3n) is 3.02. The summed E-state index contributed by atoms with van der Waals surface area (Å²) in [5.41, 5.74) is 0.711. The van der Waals surface area contributed by atoms with Crippen LogP contribution in [0.15, 0.2) is 40.9 Å². The second-order valence-electron chi connectivity index (χ2n) is 4.46. The molecule has 0 aromatic heterocycles. The van der Waals surface area contributed by atoms with E-state index >= 15 is 0 Å². The van der Waals surface area contributed by atoms with Gasteiger partial charge >= 0.3 is 0 Å². The van der Waals surface area contributed by atoms with Crippen molar-refractivity contribution in [2.24, 2.45) is 0 Å². The van der Waals surface area contributed by atoms with Crippen molar-refractivity contribution in [2.45, 2.75) is 12.2 Å². The fourth-order valence-corrected chi connectivity index (χ4v) is 2.41. The van der Waals surface area contributed by atoms with Crippen molar-refractivity contribution in [1.29, 1.82) is 0 Å². The molecular formula is C15H16BrNOS. The van der Waals surface area contributed by atoms with Crippen LogP contribution in [0.2, 0.25) is 0 Å². The molecule has 19 heavy (non-hydrogen) atoms. The lowest BCUT2D eigenvalue weighted by Gasteiger charge is -2.10. The van der Waals surface area contributed by atoms with Gasteiger partial charge in [-0.25, -0.2) is 0 Å². The molecule has 0 aliphatic rings. The first-order valence-electron chi connectivity index (χ1n) is 6.10. The van der Waals surface area contributed by atoms with E-state index in [-0.39, 0.29) is 5.91 Å². The number of nitrogens with one attached hydrogen (secondary N) is 1. The van der Waals surface area contributed by atoms with Crippen molar-refractivity contribution in [3.05, 3.63) is 46.4 Å². The van der Waals surface area contributed by atoms with Crippen molar-refractivity contribution < 1.29 is 4.79 Å². The number of hydrogen-bond acceptors (Lipinski definition) is 2. The molecule has 1 N–H and O–H groups in total. The summed E-state index contributed by atoms with van der Waals surface area (Å²) in [7, 11) is 0. The van der Waals surface area contributed by atoms with Gasteiger partial charge in [0.2, 0.25) is 0 Å². The van der Waals surface area contributed by atoms with Crippen molar-refractivity contribution in [2.75, 3.05) is 12.8 Å². The minimum absolute atomic E-state index is 0.00859. The Kier molecular flexibility index (Phi) is 4.88. The van der Waals surface area contributed by atoms with Gasteiger partial charge in [-0.1, -0.05) is 35.0 Å². The molecule has 2 nitrogen and oxygen atoms in total. The van der Waals surface area contributed by atoms with Crippen LogP contribution in [0.1, 0.15) is 17.3 Å². The summed E-state index contributed by atoms with van der Waals surface area (Å²) in [6, 6.07) is 11.8. The van der Waals surface area contributed by atoms with Gasteiger partial charge in [0.05, 0.1) is 0 Å². The van der Waals surface area contributed by atoms with E-state index in [1.165, 1.54) is 0 Å². The number of amides is 1. The highest BCUT2D eigenvalue weighted by molar-refractivity contribution is 9.10. The molecule has 1 amide bonds. The highest BCUT2D eigenvalue weighted by atomic mass is 79.9. The molecule has 1 unspecified atom stereocenters. The molecule has 2 aromatic carbocycles. The van der Waals surface area contributed by atoms with Gasteiger partial charge in [0, 0.05) is 21.8 Å². The Hall–Kier alpha value is -1.00. The van der Waals surface area contributed by atoms with Crippen LogP contribution in [-0.2, 0) is 0 Å². The summed E-state index contributed by atoms with van der Waals surface area (Å²) in [4.78, 5) is 12.0. The number of fused-ring (bicyclic) bond motifs is 1. The van der Waals surface area contributed by atoms with E-state index in [9.17, 15) is 4.79 Å². The van der Waals surface area contributed by atoms with Crippen LogP contribution in [-0.4, -0.2) is 24.0 Å². The monoisotopic (exact) mass is 337 g/mol. The van der Waals surface area contributed by atoms with Crippen molar-refractivity contribution in [3.8, 4) is 0 Å². The first kappa shape index (κ1) is 14.4. The van der Waals surface area contributed by atoms with Gasteiger partial charge in [-0.2, -0.15) is 11.8 Å². The van der Waals surface area contributed by atoms with E-state index < -0.39 is 0 Å². The maximum atomic E-state index is 12.0. The van der Waals surface area contributed by atoms with Crippen LogP contribution in [0.5, 0.6) is 0 Å². The van der Waals surface area contributed by atoms with E-state index in [4.69, 9.17) is 0 Å². The Bertz CT molecular complexity index is 600. The lowest BCUT2D eigenvalue weighted by molar-refractivity contribution is 0.0954. The van der Waals surface area contributed by atoms with Crippen LogP contribution in [0.4, 0.5) is 0 Å². The molecular weight excluding hydrogens is 322 g/mol. The molecule has 0 heterocycles. The van der Waals surface area contributed by atoms with Crippen LogP contribution >= 0.6 is 27.7 Å². The molecule has 0 aliphatic carbocycles. The van der Waals surface area contributed by atoms with E-state index in [0.717, 1.165) is 15.2 Å². The fraction of sp³-hybridized carbons (Fsp3) is 0.267. The minimum atomic E-state index is -0.00859. The Morgan fingerprint density at radius 3 is 2.68 bits per heavy atom. The van der Waals surface area contributed by atoms with Crippen molar-refractivity contribution >= 4 is 44.4 Å². The molecule has 1 atom stereocenters. The Morgan fingerprint density at radius 1 is 1.26 bits per heavy atom. The van der Waals surface area contributed by atoms with E-state index in [1.54, 1.807) is 11.8 Å². The first-order valence-corrected chi connectivity index (χ1v) is 8.18. The Balaban J connectivity index is 2.16. The smallest absolute Gasteiger partial charge is 0.251 e. The summed E-state index contributed by atoms with van der Waals surface area (Å²) in [6.45, 7) is 2.79. The van der Waals surface area contributed by atoms with Gasteiger partial charge in [0.1, 0.15) is 0 Å². The van der Waals surface area contributed by atoms with Gasteiger partial charge in [-0.3, -0.25) is 4.79 Å². The molecule has 2 aromatic rings. The SMILES string of the molecule is CSC(C)CNC(=O)c1ccc2cc(Br)ccc2c1. The second-order valence-corrected chi connectivity index (χ2v) is 6.65. The molecule has 0 saturated heterocycles. The lowest BCUT2D eigenvalue weighted by Crippen LogP contribution is -2.29. The predicted octanol–water partition coefficient (Wildman–Crippen LogP) is 4.08. The Labute approximate surface area is 126 Å². The van der Waals surface area contributed by atoms with Crippen molar-refractivity contribution in [3.63, 3.8) is 0 Å². The number of benzene rings is 2. The minimum Gasteiger partial charge on any atom is -0.351 e. The molecule has 2 rings (SSSR count). The van der Waals surface area contributed by atoms with Crippen LogP contribution in [0, 0.1) is 0 Å². The van der Waals surface area contributed by atoms with Gasteiger partial charge in [0.15, 0.2) is 0 Å². The summed E-state index contributed by atoms with van der Waals surface area (Å²) < 4.78 is 1.05. The zero-order chi connectivity index (χ0) is 13.8. The zero-order valence-corrected chi connectivity index (χ0v) is 13.3. The number of hydrogen-bond donors (Lipinski definition) is 1. The largest absolute Gasteiger partial charge is 0.351 e. The summed E-state index contributed by atoms with van der Waals surface area (Å²) in [5.74, 6) is -0.00859. The number of carbonyl (C=O) groups excluding carboxylic acids is 1. The highest BCUT2D eigenvalue weighted by Gasteiger charge is 2.08. The number of rotatable bonds is 4. The van der Waals surface area contributed by atoms with Crippen LogP contribution in [0.3, 0.4) is 0 Å². The average molecular weight is 338 g/mol. The van der Waals surface area contributed by atoms with E-state index in [0.29, 0.717) is 17.4 Å². The van der Waals surface area contributed by atoms with E-state index in [2.05, 4.69) is 28.2 Å². The first-order chi connectivity index (χ1) is 9.10. The molecule has 100 valence electrons. The number of halogens is 1. The fourth-order valence-electron chi connectivity index (χ4n) is 1.78.